The molecule has 0 spiro atoms. The summed E-state index contributed by atoms with van der Waals surface area (Å²) >= 11 is 0. The van der Waals surface area contributed by atoms with E-state index < -0.39 is 11.9 Å². The van der Waals surface area contributed by atoms with Gasteiger partial charge in [-0.2, -0.15) is 0 Å². The minimum Gasteiger partial charge on any atom is -0.550 e. The number of hydrogen-bond donors (Lipinski definition) is 1. The maximum Gasteiger partial charge on any atom is 1.00 e. The number of hydrogen-bond acceptors (Lipinski definition) is 3. The van der Waals surface area contributed by atoms with E-state index in [1.165, 1.54) is 64.2 Å². The van der Waals surface area contributed by atoms with Crippen molar-refractivity contribution >= 4 is 11.9 Å². The Morgan fingerprint density at radius 2 is 1.27 bits per heavy atom. The summed E-state index contributed by atoms with van der Waals surface area (Å²) in [6.07, 6.45) is 20.9. The summed E-state index contributed by atoms with van der Waals surface area (Å²) in [5, 5.41) is 18.6. The van der Waals surface area contributed by atoms with Crippen LogP contribution in [-0.4, -0.2) is 17.0 Å². The van der Waals surface area contributed by atoms with Gasteiger partial charge in [0.1, 0.15) is 0 Å². The largest absolute Gasteiger partial charge is 1.00 e. The monoisotopic (exact) mass is 410 g/mol. The molecule has 30 heavy (non-hydrogen) atoms. The molecule has 0 aliphatic carbocycles. The number of aliphatic carboxylic acids is 1. The molecule has 1 rings (SSSR count). The van der Waals surface area contributed by atoms with Gasteiger partial charge in [-0.1, -0.05) is 88.6 Å². The van der Waals surface area contributed by atoms with Crippen LogP contribution in [0.2, 0.25) is 0 Å². The smallest absolute Gasteiger partial charge is 0.550 e. The number of carboxylic acids is 2. The minimum atomic E-state index is -0.914. The van der Waals surface area contributed by atoms with Crippen molar-refractivity contribution in [1.82, 2.24) is 0 Å². The zero-order valence-corrected chi connectivity index (χ0v) is 19.1. The van der Waals surface area contributed by atoms with Crippen LogP contribution in [0.5, 0.6) is 0 Å². The summed E-state index contributed by atoms with van der Waals surface area (Å²) in [5.74, 6) is -1.79. The van der Waals surface area contributed by atoms with E-state index in [0.29, 0.717) is 5.56 Å². The van der Waals surface area contributed by atoms with Gasteiger partial charge in [0.25, 0.3) is 0 Å². The molecule has 0 fully saturated rings. The van der Waals surface area contributed by atoms with Crippen LogP contribution in [-0.2, 0) is 4.79 Å². The van der Waals surface area contributed by atoms with Crippen LogP contribution in [0.25, 0.3) is 0 Å². The van der Waals surface area contributed by atoms with Gasteiger partial charge < -0.3 is 15.0 Å². The van der Waals surface area contributed by atoms with Crippen LogP contribution < -0.4 is 24.0 Å². The molecule has 0 atom stereocenters. The Bertz CT molecular complexity index is 543. The molecule has 5 heteroatoms. The molecule has 0 amide bonds. The molecule has 0 aromatic heterocycles. The van der Waals surface area contributed by atoms with E-state index in [9.17, 15) is 14.7 Å². The number of carbonyl (C=O) groups excluding carboxylic acids is 1. The summed E-state index contributed by atoms with van der Waals surface area (Å²) < 4.78 is 0. The minimum absolute atomic E-state index is 0. The van der Waals surface area contributed by atoms with Gasteiger partial charge in [0.15, 0.2) is 0 Å². The van der Waals surface area contributed by atoms with Crippen LogP contribution in [0.15, 0.2) is 42.5 Å². The first-order valence-corrected chi connectivity index (χ1v) is 11.2. The number of unbranched alkanes of at least 4 members (excludes halogenated alkanes) is 11. The van der Waals surface area contributed by atoms with Gasteiger partial charge in [-0.25, -0.2) is 4.79 Å². The van der Waals surface area contributed by atoms with Crippen molar-refractivity contribution in [3.63, 3.8) is 0 Å². The average molecular weight is 411 g/mol. The van der Waals surface area contributed by atoms with Crippen molar-refractivity contribution in [3.8, 4) is 0 Å². The van der Waals surface area contributed by atoms with Gasteiger partial charge in [-0.05, 0) is 50.7 Å². The molecular weight excluding hydrogens is 371 g/mol. The first-order valence-electron chi connectivity index (χ1n) is 11.2. The van der Waals surface area contributed by atoms with Crippen molar-refractivity contribution in [1.29, 1.82) is 0 Å². The Kier molecular flexibility index (Phi) is 24.3. The molecule has 1 aromatic rings. The molecule has 0 unspecified atom stereocenters. The second kappa shape index (κ2) is 23.8. The van der Waals surface area contributed by atoms with E-state index in [2.05, 4.69) is 19.1 Å². The molecule has 0 heterocycles. The van der Waals surface area contributed by atoms with Crippen LogP contribution in [0.3, 0.4) is 0 Å². The Morgan fingerprint density at radius 3 is 1.70 bits per heavy atom. The molecule has 0 radical (unpaired) electrons. The molecule has 0 aliphatic rings. The zero-order chi connectivity index (χ0) is 21.6. The second-order valence-corrected chi connectivity index (χ2v) is 7.38. The molecule has 0 aliphatic heterocycles. The third kappa shape index (κ3) is 22.8. The fraction of sp³-hybridized carbons (Fsp3) is 0.600. The van der Waals surface area contributed by atoms with Crippen molar-refractivity contribution in [2.45, 2.75) is 96.8 Å². The predicted octanol–water partition coefficient (Wildman–Crippen LogP) is 3.16. The Balaban J connectivity index is 0. The van der Waals surface area contributed by atoms with Crippen LogP contribution in [0, 0.1) is 0 Å². The summed E-state index contributed by atoms with van der Waals surface area (Å²) in [7, 11) is 0. The Labute approximate surface area is 195 Å². The zero-order valence-electron chi connectivity index (χ0n) is 19.1. The van der Waals surface area contributed by atoms with Gasteiger partial charge >= 0.3 is 24.8 Å². The van der Waals surface area contributed by atoms with Crippen molar-refractivity contribution < 1.29 is 38.7 Å². The number of aromatic carboxylic acids is 1. The van der Waals surface area contributed by atoms with Crippen molar-refractivity contribution in [2.24, 2.45) is 0 Å². The SMILES string of the molecule is CCCCCCCCC=CCCCCCCCC(=O)[O-].O=C(O)c1ccccc1.[Li+]. The molecule has 1 aromatic carbocycles. The van der Waals surface area contributed by atoms with E-state index in [-0.39, 0.29) is 25.3 Å². The second-order valence-electron chi connectivity index (χ2n) is 7.38. The molecule has 0 saturated heterocycles. The molecular formula is C25H39LiO4. The number of carbonyl (C=O) groups is 2. The Morgan fingerprint density at radius 1 is 0.800 bits per heavy atom. The standard InChI is InChI=1S/C18H34O2.C7H6O2.Li/c1-2-3-4-5-6-7-8-9-10-11-12-13-14-15-16-17-18(19)20;8-7(9)6-4-2-1-3-5-6;/h9-10H,2-8,11-17H2,1H3,(H,19,20);1-5H,(H,8,9);/q;;+1/p-1. The summed E-state index contributed by atoms with van der Waals surface area (Å²) in [6, 6.07) is 8.30. The van der Waals surface area contributed by atoms with Crippen LogP contribution >= 0.6 is 0 Å². The molecule has 1 N–H and O–H groups in total. The topological polar surface area (TPSA) is 77.4 Å². The molecule has 0 saturated carbocycles. The first kappa shape index (κ1) is 30.7. The maximum absolute atomic E-state index is 10.2. The van der Waals surface area contributed by atoms with Crippen molar-refractivity contribution in [3.05, 3.63) is 48.0 Å². The molecule has 164 valence electrons. The van der Waals surface area contributed by atoms with Gasteiger partial charge in [0, 0.05) is 5.97 Å². The van der Waals surface area contributed by atoms with Gasteiger partial charge in [-0.3, -0.25) is 0 Å². The number of allylic oxidation sites excluding steroid dienone is 2. The predicted molar refractivity (Wildman–Crippen MR) is 118 cm³/mol. The fourth-order valence-corrected chi connectivity index (χ4v) is 2.92. The maximum atomic E-state index is 10.2. The third-order valence-corrected chi connectivity index (χ3v) is 4.66. The number of benzene rings is 1. The third-order valence-electron chi connectivity index (χ3n) is 4.66. The van der Waals surface area contributed by atoms with E-state index >= 15 is 0 Å². The number of rotatable bonds is 16. The summed E-state index contributed by atoms with van der Waals surface area (Å²) in [4.78, 5) is 20.4. The Hall–Kier alpha value is -1.50. The average Bonchev–Trinajstić information content (AvgIpc) is 2.72. The van der Waals surface area contributed by atoms with Crippen LogP contribution in [0.4, 0.5) is 0 Å². The van der Waals surface area contributed by atoms with E-state index in [1.807, 2.05) is 0 Å². The summed E-state index contributed by atoms with van der Waals surface area (Å²) in [5.41, 5.74) is 0.331. The van der Waals surface area contributed by atoms with Gasteiger partial charge in [0.2, 0.25) is 0 Å². The first-order chi connectivity index (χ1) is 14.1. The quantitative estimate of drug-likeness (QED) is 0.258. The summed E-state index contributed by atoms with van der Waals surface area (Å²) in [6.45, 7) is 2.26. The fourth-order valence-electron chi connectivity index (χ4n) is 2.92. The normalized spacial score (nSPS) is 10.2. The van der Waals surface area contributed by atoms with Gasteiger partial charge in [0.05, 0.1) is 5.56 Å². The van der Waals surface area contributed by atoms with Crippen molar-refractivity contribution in [2.75, 3.05) is 0 Å². The van der Waals surface area contributed by atoms with E-state index in [4.69, 9.17) is 5.11 Å². The molecule has 4 nitrogen and oxygen atoms in total. The van der Waals surface area contributed by atoms with Gasteiger partial charge in [-0.15, -0.1) is 0 Å². The number of carboxylic acid groups (broad SMARTS) is 2. The molecule has 0 bridgehead atoms. The van der Waals surface area contributed by atoms with E-state index in [1.54, 1.807) is 30.3 Å². The van der Waals surface area contributed by atoms with Crippen LogP contribution in [0.1, 0.15) is 107 Å². The van der Waals surface area contributed by atoms with E-state index in [0.717, 1.165) is 19.3 Å².